The minimum atomic E-state index is -0.0786. The van der Waals surface area contributed by atoms with Crippen molar-refractivity contribution in [2.45, 2.75) is 10.6 Å². The molecule has 25 heavy (non-hydrogen) atoms. The first-order valence-corrected chi connectivity index (χ1v) is 9.59. The molecule has 2 aromatic rings. The van der Waals surface area contributed by atoms with Gasteiger partial charge in [0.05, 0.1) is 18.9 Å². The normalized spacial score (nSPS) is 17.0. The van der Waals surface area contributed by atoms with E-state index in [9.17, 15) is 4.79 Å². The third kappa shape index (κ3) is 3.31. The highest BCUT2D eigenvalue weighted by molar-refractivity contribution is 7.98. The van der Waals surface area contributed by atoms with Gasteiger partial charge in [0.2, 0.25) is 0 Å². The molecule has 4 rings (SSSR count). The summed E-state index contributed by atoms with van der Waals surface area (Å²) in [5.41, 5.74) is 3.82. The number of aryl methyl sites for hydroxylation is 1. The van der Waals surface area contributed by atoms with Crippen molar-refractivity contribution in [3.8, 4) is 11.3 Å². The summed E-state index contributed by atoms with van der Waals surface area (Å²) in [6.45, 7) is 4.90. The number of benzene rings is 1. The molecule has 2 aliphatic rings. The lowest BCUT2D eigenvalue weighted by atomic mass is 10.1. The molecule has 0 saturated carbocycles. The number of amides is 1. The maximum atomic E-state index is 12.6. The smallest absolute Gasteiger partial charge is 0.272 e. The number of aromatic nitrogens is 2. The van der Waals surface area contributed by atoms with Crippen molar-refractivity contribution in [2.24, 2.45) is 7.05 Å². The van der Waals surface area contributed by atoms with E-state index in [0.717, 1.165) is 55.4 Å². The number of nitrogens with zero attached hydrogens (tertiary/aromatic N) is 3. The van der Waals surface area contributed by atoms with Gasteiger partial charge in [-0.3, -0.25) is 14.4 Å². The van der Waals surface area contributed by atoms with Crippen molar-refractivity contribution in [3.05, 3.63) is 35.5 Å². The summed E-state index contributed by atoms with van der Waals surface area (Å²) in [5.74, 6) is 0.706. The van der Waals surface area contributed by atoms with Crippen LogP contribution in [0.1, 0.15) is 16.1 Å². The lowest BCUT2D eigenvalue weighted by Crippen LogP contribution is -2.41. The Bertz CT molecular complexity index is 783. The van der Waals surface area contributed by atoms with Gasteiger partial charge in [-0.25, -0.2) is 0 Å². The number of carbonyl (C=O) groups excluding carboxylic acids is 1. The van der Waals surface area contributed by atoms with E-state index in [1.165, 1.54) is 4.90 Å². The average Bonchev–Trinajstić information content (AvgIpc) is 3.00. The molecule has 0 bridgehead atoms. The minimum Gasteiger partial charge on any atom is -0.379 e. The molecule has 7 heteroatoms. The number of hydrogen-bond acceptors (Lipinski definition) is 5. The molecule has 1 saturated heterocycles. The highest BCUT2D eigenvalue weighted by atomic mass is 32.2. The summed E-state index contributed by atoms with van der Waals surface area (Å²) in [5, 5.41) is 7.54. The fraction of sp³-hybridized carbons (Fsp3) is 0.444. The van der Waals surface area contributed by atoms with Gasteiger partial charge in [-0.1, -0.05) is 18.2 Å². The predicted molar refractivity (Wildman–Crippen MR) is 97.8 cm³/mol. The summed E-state index contributed by atoms with van der Waals surface area (Å²) in [6.07, 6.45) is 0. The molecule has 1 fully saturated rings. The Hall–Kier alpha value is -1.83. The van der Waals surface area contributed by atoms with Crippen molar-refractivity contribution in [3.63, 3.8) is 0 Å². The van der Waals surface area contributed by atoms with Crippen LogP contribution in [0.3, 0.4) is 0 Å². The number of morpholine rings is 1. The van der Waals surface area contributed by atoms with Crippen LogP contribution < -0.4 is 5.32 Å². The second-order valence-corrected chi connectivity index (χ2v) is 7.31. The Morgan fingerprint density at radius 2 is 2.12 bits per heavy atom. The summed E-state index contributed by atoms with van der Waals surface area (Å²) in [4.78, 5) is 16.2. The maximum absolute atomic E-state index is 12.6. The monoisotopic (exact) mass is 358 g/mol. The summed E-state index contributed by atoms with van der Waals surface area (Å²) in [6, 6.07) is 8.30. The molecule has 2 aliphatic heterocycles. The van der Waals surface area contributed by atoms with Gasteiger partial charge in [0.1, 0.15) is 0 Å². The summed E-state index contributed by atoms with van der Waals surface area (Å²) >= 11 is 1.77. The highest BCUT2D eigenvalue weighted by Gasteiger charge is 2.27. The molecule has 132 valence electrons. The zero-order valence-electron chi connectivity index (χ0n) is 14.3. The van der Waals surface area contributed by atoms with Crippen molar-refractivity contribution in [2.75, 3.05) is 39.4 Å². The average molecular weight is 358 g/mol. The first-order chi connectivity index (χ1) is 12.2. The summed E-state index contributed by atoms with van der Waals surface area (Å²) in [7, 11) is 1.91. The first-order valence-electron chi connectivity index (χ1n) is 8.60. The molecule has 1 aromatic heterocycles. The number of fused-ring (bicyclic) bond motifs is 3. The molecule has 0 unspecified atom stereocenters. The Morgan fingerprint density at radius 3 is 2.96 bits per heavy atom. The maximum Gasteiger partial charge on any atom is 0.272 e. The van der Waals surface area contributed by atoms with Crippen LogP contribution in [0, 0.1) is 0 Å². The molecule has 0 radical (unpaired) electrons. The Kier molecular flexibility index (Phi) is 4.78. The first kappa shape index (κ1) is 16.6. The molecule has 6 nitrogen and oxygen atoms in total. The number of thioether (sulfide) groups is 1. The second-order valence-electron chi connectivity index (χ2n) is 6.29. The molecule has 1 aromatic carbocycles. The van der Waals surface area contributed by atoms with E-state index in [4.69, 9.17) is 4.74 Å². The molecular weight excluding hydrogens is 336 g/mol. The van der Waals surface area contributed by atoms with E-state index in [2.05, 4.69) is 27.4 Å². The van der Waals surface area contributed by atoms with E-state index in [0.29, 0.717) is 12.2 Å². The Labute approximate surface area is 151 Å². The lowest BCUT2D eigenvalue weighted by molar-refractivity contribution is 0.0383. The van der Waals surface area contributed by atoms with Crippen LogP contribution in [-0.4, -0.2) is 60.0 Å². The van der Waals surface area contributed by atoms with Crippen molar-refractivity contribution >= 4 is 17.7 Å². The van der Waals surface area contributed by atoms with Crippen molar-refractivity contribution in [1.82, 2.24) is 20.0 Å². The zero-order chi connectivity index (χ0) is 17.2. The van der Waals surface area contributed by atoms with E-state index in [-0.39, 0.29) is 5.91 Å². The SMILES string of the molecule is Cn1nc(C(=O)NCCN2CCOCC2)c2c1-c1ccccc1SC2. The second kappa shape index (κ2) is 7.19. The van der Waals surface area contributed by atoms with Crippen LogP contribution in [0.5, 0.6) is 0 Å². The lowest BCUT2D eigenvalue weighted by Gasteiger charge is -2.26. The molecule has 0 spiro atoms. The molecule has 1 amide bonds. The van der Waals surface area contributed by atoms with E-state index >= 15 is 0 Å². The molecule has 1 N–H and O–H groups in total. The quantitative estimate of drug-likeness (QED) is 0.902. The van der Waals surface area contributed by atoms with Crippen molar-refractivity contribution in [1.29, 1.82) is 0 Å². The molecule has 0 atom stereocenters. The van der Waals surface area contributed by atoms with Crippen molar-refractivity contribution < 1.29 is 9.53 Å². The molecule has 3 heterocycles. The molecular formula is C18H22N4O2S. The van der Waals surface area contributed by atoms with E-state index in [1.807, 2.05) is 23.9 Å². The van der Waals surface area contributed by atoms with E-state index < -0.39 is 0 Å². The van der Waals surface area contributed by atoms with Gasteiger partial charge >= 0.3 is 0 Å². The van der Waals surface area contributed by atoms with E-state index in [1.54, 1.807) is 11.8 Å². The van der Waals surface area contributed by atoms with Gasteiger partial charge < -0.3 is 10.1 Å². The van der Waals surface area contributed by atoms with Gasteiger partial charge in [-0.15, -0.1) is 11.8 Å². The van der Waals surface area contributed by atoms with Gasteiger partial charge in [-0.2, -0.15) is 5.10 Å². The summed E-state index contributed by atoms with van der Waals surface area (Å²) < 4.78 is 7.18. The third-order valence-corrected chi connectivity index (χ3v) is 5.79. The standard InChI is InChI=1S/C18H22N4O2S/c1-21-17-13-4-2-3-5-15(13)25-12-14(17)16(20-21)18(23)19-6-7-22-8-10-24-11-9-22/h2-5H,6-12H2,1H3,(H,19,23). The number of nitrogens with one attached hydrogen (secondary N) is 1. The predicted octanol–water partition coefficient (Wildman–Crippen LogP) is 1.75. The zero-order valence-corrected chi connectivity index (χ0v) is 15.1. The van der Waals surface area contributed by atoms with Gasteiger partial charge in [0.25, 0.3) is 5.91 Å². The van der Waals surface area contributed by atoms with Gasteiger partial charge in [0, 0.05) is 55.0 Å². The van der Waals surface area contributed by atoms with Crippen LogP contribution in [0.4, 0.5) is 0 Å². The number of hydrogen-bond donors (Lipinski definition) is 1. The van der Waals surface area contributed by atoms with Crippen LogP contribution in [-0.2, 0) is 17.5 Å². The number of carbonyl (C=O) groups is 1. The number of rotatable bonds is 4. The van der Waals surface area contributed by atoms with Gasteiger partial charge in [-0.05, 0) is 6.07 Å². The third-order valence-electron chi connectivity index (χ3n) is 4.69. The fourth-order valence-electron chi connectivity index (χ4n) is 3.40. The van der Waals surface area contributed by atoms with Crippen LogP contribution in [0.2, 0.25) is 0 Å². The molecule has 0 aliphatic carbocycles. The fourth-order valence-corrected chi connectivity index (χ4v) is 4.47. The van der Waals surface area contributed by atoms with Gasteiger partial charge in [0.15, 0.2) is 5.69 Å². The Morgan fingerprint density at radius 1 is 1.32 bits per heavy atom. The topological polar surface area (TPSA) is 59.4 Å². The van der Waals surface area contributed by atoms with Crippen LogP contribution in [0.25, 0.3) is 11.3 Å². The minimum absolute atomic E-state index is 0.0786. The van der Waals surface area contributed by atoms with Crippen LogP contribution in [0.15, 0.2) is 29.2 Å². The highest BCUT2D eigenvalue weighted by Crippen LogP contribution is 2.42. The number of ether oxygens (including phenoxy) is 1. The van der Waals surface area contributed by atoms with Crippen LogP contribution >= 0.6 is 11.8 Å². The largest absolute Gasteiger partial charge is 0.379 e. The Balaban J connectivity index is 1.47.